The number of pyridine rings is 1. The lowest BCUT2D eigenvalue weighted by molar-refractivity contribution is -0.116. The van der Waals surface area contributed by atoms with Crippen molar-refractivity contribution >= 4 is 27.5 Å². The molecule has 0 atom stereocenters. The first-order valence-corrected chi connectivity index (χ1v) is 7.68. The quantitative estimate of drug-likeness (QED) is 0.886. The summed E-state index contributed by atoms with van der Waals surface area (Å²) >= 11 is 3.20. The fourth-order valence-electron chi connectivity index (χ4n) is 2.01. The molecule has 0 saturated carbocycles. The molecule has 22 heavy (non-hydrogen) atoms. The first kappa shape index (κ1) is 16.3. The number of nitrogens with one attached hydrogen (secondary N) is 1. The van der Waals surface area contributed by atoms with Gasteiger partial charge in [0.25, 0.3) is 5.56 Å². The second kappa shape index (κ2) is 7.26. The average molecular weight is 365 g/mol. The SMILES string of the molecule is CCOc1ccc(NC(=O)Cn2cc(C)cc(Br)c2=O)cc1. The number of ether oxygens (including phenoxy) is 1. The first-order valence-electron chi connectivity index (χ1n) is 6.89. The van der Waals surface area contributed by atoms with Crippen molar-refractivity contribution in [2.24, 2.45) is 0 Å². The van der Waals surface area contributed by atoms with Crippen LogP contribution in [0, 0.1) is 6.92 Å². The molecule has 0 bridgehead atoms. The van der Waals surface area contributed by atoms with Crippen molar-refractivity contribution in [2.75, 3.05) is 11.9 Å². The molecule has 0 aliphatic rings. The Balaban J connectivity index is 2.05. The van der Waals surface area contributed by atoms with Crippen LogP contribution in [0.15, 0.2) is 45.8 Å². The molecule has 116 valence electrons. The third-order valence-corrected chi connectivity index (χ3v) is 3.51. The van der Waals surface area contributed by atoms with E-state index in [1.54, 1.807) is 36.5 Å². The van der Waals surface area contributed by atoms with Crippen LogP contribution in [0.5, 0.6) is 5.75 Å². The van der Waals surface area contributed by atoms with Crippen LogP contribution >= 0.6 is 15.9 Å². The van der Waals surface area contributed by atoms with Crippen LogP contribution in [0.2, 0.25) is 0 Å². The molecule has 0 aliphatic carbocycles. The van der Waals surface area contributed by atoms with Crippen LogP contribution in [0.3, 0.4) is 0 Å². The number of amides is 1. The van der Waals surface area contributed by atoms with Crippen LogP contribution in [0.25, 0.3) is 0 Å². The number of hydrogen-bond donors (Lipinski definition) is 1. The second-order valence-electron chi connectivity index (χ2n) is 4.80. The highest BCUT2D eigenvalue weighted by atomic mass is 79.9. The zero-order valence-corrected chi connectivity index (χ0v) is 14.0. The van der Waals surface area contributed by atoms with Crippen LogP contribution < -0.4 is 15.6 Å². The van der Waals surface area contributed by atoms with Gasteiger partial charge in [0.2, 0.25) is 5.91 Å². The molecule has 1 N–H and O–H groups in total. The number of hydrogen-bond acceptors (Lipinski definition) is 3. The van der Waals surface area contributed by atoms with Crippen molar-refractivity contribution in [1.29, 1.82) is 0 Å². The minimum atomic E-state index is -0.260. The summed E-state index contributed by atoms with van der Waals surface area (Å²) in [5.74, 6) is 0.489. The Morgan fingerprint density at radius 1 is 1.32 bits per heavy atom. The van der Waals surface area contributed by atoms with Gasteiger partial charge in [-0.3, -0.25) is 9.59 Å². The lowest BCUT2D eigenvalue weighted by Crippen LogP contribution is -2.27. The van der Waals surface area contributed by atoms with Gasteiger partial charge in [0.1, 0.15) is 12.3 Å². The zero-order chi connectivity index (χ0) is 16.1. The number of rotatable bonds is 5. The molecule has 1 heterocycles. The third kappa shape index (κ3) is 4.21. The minimum absolute atomic E-state index is 0.0354. The molecule has 0 spiro atoms. The van der Waals surface area contributed by atoms with Gasteiger partial charge in [-0.05, 0) is 65.7 Å². The molecular formula is C16H17BrN2O3. The number of anilines is 1. The van der Waals surface area contributed by atoms with Crippen molar-refractivity contribution < 1.29 is 9.53 Å². The molecule has 2 rings (SSSR count). The Kier molecular flexibility index (Phi) is 5.38. The van der Waals surface area contributed by atoms with Crippen molar-refractivity contribution in [3.8, 4) is 5.75 Å². The predicted molar refractivity (Wildman–Crippen MR) is 89.4 cm³/mol. The van der Waals surface area contributed by atoms with E-state index in [2.05, 4.69) is 21.2 Å². The Labute approximate surface area is 137 Å². The number of carbonyl (C=O) groups excluding carboxylic acids is 1. The number of carbonyl (C=O) groups is 1. The second-order valence-corrected chi connectivity index (χ2v) is 5.66. The minimum Gasteiger partial charge on any atom is -0.494 e. The lowest BCUT2D eigenvalue weighted by Gasteiger charge is -2.09. The summed E-state index contributed by atoms with van der Waals surface area (Å²) in [7, 11) is 0. The zero-order valence-electron chi connectivity index (χ0n) is 12.4. The maximum Gasteiger partial charge on any atom is 0.265 e. The summed E-state index contributed by atoms with van der Waals surface area (Å²) in [6.45, 7) is 4.33. The molecule has 1 aromatic carbocycles. The number of nitrogens with zero attached hydrogens (tertiary/aromatic N) is 1. The monoisotopic (exact) mass is 364 g/mol. The highest BCUT2D eigenvalue weighted by Gasteiger charge is 2.08. The molecule has 0 radical (unpaired) electrons. The van der Waals surface area contributed by atoms with Crippen LogP contribution in [0.4, 0.5) is 5.69 Å². The van der Waals surface area contributed by atoms with Gasteiger partial charge in [-0.2, -0.15) is 0 Å². The number of aromatic nitrogens is 1. The summed E-state index contributed by atoms with van der Waals surface area (Å²) < 4.78 is 7.16. The topological polar surface area (TPSA) is 60.3 Å². The molecule has 5 nitrogen and oxygen atoms in total. The number of benzene rings is 1. The van der Waals surface area contributed by atoms with Gasteiger partial charge in [-0.1, -0.05) is 0 Å². The Morgan fingerprint density at radius 2 is 2.00 bits per heavy atom. The van der Waals surface area contributed by atoms with Gasteiger partial charge in [0.15, 0.2) is 0 Å². The van der Waals surface area contributed by atoms with Crippen LogP contribution in [-0.2, 0) is 11.3 Å². The fraction of sp³-hybridized carbons (Fsp3) is 0.250. The van der Waals surface area contributed by atoms with E-state index in [1.165, 1.54) is 4.57 Å². The summed E-state index contributed by atoms with van der Waals surface area (Å²) in [5.41, 5.74) is 1.33. The van der Waals surface area contributed by atoms with E-state index in [-0.39, 0.29) is 18.0 Å². The summed E-state index contributed by atoms with van der Waals surface area (Å²) in [6.07, 6.45) is 1.66. The summed E-state index contributed by atoms with van der Waals surface area (Å²) in [4.78, 5) is 24.0. The predicted octanol–water partition coefficient (Wildman–Crippen LogP) is 2.96. The van der Waals surface area contributed by atoms with Crippen molar-refractivity contribution in [3.63, 3.8) is 0 Å². The smallest absolute Gasteiger partial charge is 0.265 e. The first-order chi connectivity index (χ1) is 10.5. The molecular weight excluding hydrogens is 348 g/mol. The Hall–Kier alpha value is -2.08. The van der Waals surface area contributed by atoms with Gasteiger partial charge >= 0.3 is 0 Å². The maximum absolute atomic E-state index is 12.0. The van der Waals surface area contributed by atoms with Crippen molar-refractivity contribution in [3.05, 3.63) is 56.9 Å². The summed E-state index contributed by atoms with van der Waals surface area (Å²) in [5, 5.41) is 2.76. The van der Waals surface area contributed by atoms with E-state index in [1.807, 2.05) is 13.8 Å². The van der Waals surface area contributed by atoms with E-state index in [9.17, 15) is 9.59 Å². The molecule has 0 aliphatic heterocycles. The average Bonchev–Trinajstić information content (AvgIpc) is 2.46. The summed E-state index contributed by atoms with van der Waals surface area (Å²) in [6, 6.07) is 8.82. The van der Waals surface area contributed by atoms with E-state index < -0.39 is 0 Å². The highest BCUT2D eigenvalue weighted by Crippen LogP contribution is 2.15. The molecule has 6 heteroatoms. The fourth-order valence-corrected chi connectivity index (χ4v) is 2.60. The van der Waals surface area contributed by atoms with Gasteiger partial charge in [0.05, 0.1) is 11.1 Å². The van der Waals surface area contributed by atoms with Crippen LogP contribution in [0.1, 0.15) is 12.5 Å². The third-order valence-electron chi connectivity index (χ3n) is 2.94. The van der Waals surface area contributed by atoms with E-state index in [0.717, 1.165) is 11.3 Å². The standard InChI is InChI=1S/C16H17BrN2O3/c1-3-22-13-6-4-12(5-7-13)18-15(20)10-19-9-11(2)8-14(17)16(19)21/h4-9H,3,10H2,1-2H3,(H,18,20). The van der Waals surface area contributed by atoms with E-state index >= 15 is 0 Å². The largest absolute Gasteiger partial charge is 0.494 e. The number of aryl methyl sites for hydroxylation is 1. The molecule has 0 unspecified atom stereocenters. The van der Waals surface area contributed by atoms with Gasteiger partial charge in [-0.15, -0.1) is 0 Å². The van der Waals surface area contributed by atoms with E-state index in [0.29, 0.717) is 16.8 Å². The Morgan fingerprint density at radius 3 is 2.64 bits per heavy atom. The van der Waals surface area contributed by atoms with Gasteiger partial charge in [-0.25, -0.2) is 0 Å². The number of halogens is 1. The van der Waals surface area contributed by atoms with Gasteiger partial charge < -0.3 is 14.6 Å². The van der Waals surface area contributed by atoms with Crippen molar-refractivity contribution in [2.45, 2.75) is 20.4 Å². The Bertz CT molecular complexity index is 723. The maximum atomic E-state index is 12.0. The van der Waals surface area contributed by atoms with Gasteiger partial charge in [0, 0.05) is 11.9 Å². The highest BCUT2D eigenvalue weighted by molar-refractivity contribution is 9.10. The molecule has 0 saturated heterocycles. The van der Waals surface area contributed by atoms with E-state index in [4.69, 9.17) is 4.74 Å². The van der Waals surface area contributed by atoms with Crippen molar-refractivity contribution in [1.82, 2.24) is 4.57 Å². The molecule has 0 fully saturated rings. The molecule has 1 aromatic heterocycles. The normalized spacial score (nSPS) is 10.3. The molecule has 2 aromatic rings. The molecule has 1 amide bonds. The van der Waals surface area contributed by atoms with Crippen LogP contribution in [-0.4, -0.2) is 17.1 Å². The lowest BCUT2D eigenvalue weighted by atomic mass is 10.3.